The molecule has 0 radical (unpaired) electrons. The molecule has 108 valence electrons. The Morgan fingerprint density at radius 2 is 1.75 bits per heavy atom. The van der Waals surface area contributed by atoms with E-state index in [0.717, 1.165) is 23.8 Å². The van der Waals surface area contributed by atoms with Gasteiger partial charge in [0.05, 0.1) is 0 Å². The average Bonchev–Trinajstić information content (AvgIpc) is 2.43. The van der Waals surface area contributed by atoms with Gasteiger partial charge in [0.2, 0.25) is 0 Å². The Morgan fingerprint density at radius 1 is 1.15 bits per heavy atom. The van der Waals surface area contributed by atoms with E-state index in [0.29, 0.717) is 10.8 Å². The molecule has 1 aliphatic carbocycles. The molecule has 1 aromatic carbocycles. The number of aryl methyl sites for hydroxylation is 1. The molecule has 1 saturated carbocycles. The highest BCUT2D eigenvalue weighted by Crippen LogP contribution is 2.64. The maximum absolute atomic E-state index is 5.57. The van der Waals surface area contributed by atoms with Gasteiger partial charge in [0.15, 0.2) is 0 Å². The molecule has 0 nitrogen and oxygen atoms in total. The minimum absolute atomic E-state index is 0.431. The summed E-state index contributed by atoms with van der Waals surface area (Å²) in [5.41, 5.74) is 4.67. The van der Waals surface area contributed by atoms with Crippen molar-refractivity contribution in [2.45, 2.75) is 54.4 Å². The van der Waals surface area contributed by atoms with E-state index in [2.05, 4.69) is 65.7 Å². The molecule has 0 aromatic heterocycles. The van der Waals surface area contributed by atoms with Gasteiger partial charge in [0.25, 0.3) is 0 Å². The lowest BCUT2D eigenvalue weighted by Gasteiger charge is -2.64. The first-order chi connectivity index (χ1) is 9.25. The average molecular weight is 268 g/mol. The van der Waals surface area contributed by atoms with E-state index in [9.17, 15) is 0 Å². The van der Waals surface area contributed by atoms with Crippen molar-refractivity contribution in [3.63, 3.8) is 0 Å². The summed E-state index contributed by atoms with van der Waals surface area (Å²) in [6.07, 6.45) is 7.75. The van der Waals surface area contributed by atoms with E-state index in [1.54, 1.807) is 0 Å². The van der Waals surface area contributed by atoms with Crippen LogP contribution < -0.4 is 0 Å². The van der Waals surface area contributed by atoms with Gasteiger partial charge >= 0.3 is 0 Å². The summed E-state index contributed by atoms with van der Waals surface area (Å²) in [6, 6.07) is 6.67. The Balaban J connectivity index is 2.25. The van der Waals surface area contributed by atoms with Crippen LogP contribution in [-0.4, -0.2) is 0 Å². The summed E-state index contributed by atoms with van der Waals surface area (Å²) < 4.78 is 0. The second-order valence-electron chi connectivity index (χ2n) is 7.61. The molecular weight excluding hydrogens is 240 g/mol. The van der Waals surface area contributed by atoms with Crippen molar-refractivity contribution in [2.24, 2.45) is 22.7 Å². The zero-order valence-corrected chi connectivity index (χ0v) is 13.9. The van der Waals surface area contributed by atoms with Crippen molar-refractivity contribution in [3.05, 3.63) is 34.9 Å². The van der Waals surface area contributed by atoms with Crippen LogP contribution in [-0.2, 0) is 12.8 Å². The fraction of sp³-hybridized carbons (Fsp3) is 0.600. The first-order valence-corrected chi connectivity index (χ1v) is 7.83. The molecule has 0 amide bonds. The number of terminal acetylenes is 1. The third-order valence-corrected chi connectivity index (χ3v) is 6.17. The molecule has 0 aliphatic heterocycles. The predicted molar refractivity (Wildman–Crippen MR) is 87.7 cm³/mol. The lowest BCUT2D eigenvalue weighted by molar-refractivity contribution is -0.151. The molecule has 1 aliphatic rings. The quantitative estimate of drug-likeness (QED) is 0.670. The lowest BCUT2D eigenvalue weighted by Crippen LogP contribution is -2.58. The maximum Gasteiger partial charge on any atom is 0.0274 e. The highest BCUT2D eigenvalue weighted by Gasteiger charge is 2.58. The van der Waals surface area contributed by atoms with Gasteiger partial charge < -0.3 is 0 Å². The summed E-state index contributed by atoms with van der Waals surface area (Å²) in [5, 5.41) is 0. The number of rotatable bonds is 3. The molecule has 0 N–H and O–H groups in total. The topological polar surface area (TPSA) is 0 Å². The fourth-order valence-corrected chi connectivity index (χ4v) is 4.39. The van der Waals surface area contributed by atoms with E-state index in [4.69, 9.17) is 6.42 Å². The van der Waals surface area contributed by atoms with Gasteiger partial charge in [-0.1, -0.05) is 59.6 Å². The van der Waals surface area contributed by atoms with Crippen molar-refractivity contribution >= 4 is 0 Å². The van der Waals surface area contributed by atoms with Crippen LogP contribution in [0, 0.1) is 35.0 Å². The van der Waals surface area contributed by atoms with Crippen LogP contribution >= 0.6 is 0 Å². The number of hydrogen-bond donors (Lipinski definition) is 0. The molecule has 1 aromatic rings. The highest BCUT2D eigenvalue weighted by molar-refractivity contribution is 5.42. The smallest absolute Gasteiger partial charge is 0.0274 e. The Kier molecular flexibility index (Phi) is 3.76. The van der Waals surface area contributed by atoms with Crippen molar-refractivity contribution < 1.29 is 0 Å². The van der Waals surface area contributed by atoms with E-state index in [1.165, 1.54) is 17.5 Å². The van der Waals surface area contributed by atoms with E-state index in [-0.39, 0.29) is 0 Å². The van der Waals surface area contributed by atoms with E-state index >= 15 is 0 Å². The van der Waals surface area contributed by atoms with Gasteiger partial charge in [-0.15, -0.1) is 6.42 Å². The van der Waals surface area contributed by atoms with Crippen LogP contribution in [0.15, 0.2) is 18.2 Å². The van der Waals surface area contributed by atoms with Crippen LogP contribution in [0.25, 0.3) is 0 Å². The Hall–Kier alpha value is -1.22. The molecule has 20 heavy (non-hydrogen) atoms. The predicted octanol–water partition coefficient (Wildman–Crippen LogP) is 5.09. The minimum Gasteiger partial charge on any atom is -0.115 e. The van der Waals surface area contributed by atoms with Crippen molar-refractivity contribution in [2.75, 3.05) is 0 Å². The van der Waals surface area contributed by atoms with Crippen LogP contribution in [0.3, 0.4) is 0 Å². The number of hydrogen-bond acceptors (Lipinski definition) is 0. The molecular formula is C20H28. The molecule has 0 spiro atoms. The molecule has 0 heteroatoms. The van der Waals surface area contributed by atoms with Crippen LogP contribution in [0.5, 0.6) is 0 Å². The molecule has 1 fully saturated rings. The SMILES string of the molecule is C#Cc1ccc(CC2C(C)(C)C(C)C2(C)C)cc1CC. The first kappa shape index (κ1) is 15.2. The lowest BCUT2D eigenvalue weighted by atomic mass is 9.41. The third kappa shape index (κ3) is 2.18. The van der Waals surface area contributed by atoms with Gasteiger partial charge in [-0.2, -0.15) is 0 Å². The van der Waals surface area contributed by atoms with Crippen LogP contribution in [0.1, 0.15) is 58.2 Å². The largest absolute Gasteiger partial charge is 0.115 e. The number of benzene rings is 1. The van der Waals surface area contributed by atoms with Crippen molar-refractivity contribution in [1.82, 2.24) is 0 Å². The van der Waals surface area contributed by atoms with Crippen molar-refractivity contribution in [3.8, 4) is 12.3 Å². The third-order valence-electron chi connectivity index (χ3n) is 6.17. The second kappa shape index (κ2) is 4.96. The Morgan fingerprint density at radius 3 is 2.25 bits per heavy atom. The summed E-state index contributed by atoms with van der Waals surface area (Å²) in [7, 11) is 0. The minimum atomic E-state index is 0.431. The van der Waals surface area contributed by atoms with E-state index < -0.39 is 0 Å². The fourth-order valence-electron chi connectivity index (χ4n) is 4.39. The Bertz CT molecular complexity index is 524. The summed E-state index contributed by atoms with van der Waals surface area (Å²) in [5.74, 6) is 4.31. The van der Waals surface area contributed by atoms with Crippen molar-refractivity contribution in [1.29, 1.82) is 0 Å². The van der Waals surface area contributed by atoms with E-state index in [1.807, 2.05) is 0 Å². The molecule has 0 unspecified atom stereocenters. The molecule has 2 rings (SSSR count). The summed E-state index contributed by atoms with van der Waals surface area (Å²) >= 11 is 0. The van der Waals surface area contributed by atoms with Gasteiger partial charge in [-0.3, -0.25) is 0 Å². The summed E-state index contributed by atoms with van der Waals surface area (Å²) in [6.45, 7) is 14.3. The highest BCUT2D eigenvalue weighted by atomic mass is 14.6. The van der Waals surface area contributed by atoms with Crippen LogP contribution in [0.2, 0.25) is 0 Å². The first-order valence-electron chi connectivity index (χ1n) is 7.83. The molecule has 0 saturated heterocycles. The van der Waals surface area contributed by atoms with Gasteiger partial charge in [0.1, 0.15) is 0 Å². The zero-order valence-electron chi connectivity index (χ0n) is 13.9. The maximum atomic E-state index is 5.57. The molecule has 0 bridgehead atoms. The van der Waals surface area contributed by atoms with Gasteiger partial charge in [0, 0.05) is 5.56 Å². The standard InChI is InChI=1S/C20H28/c1-8-16-11-10-15(12-17(16)9-2)13-18-19(4,5)14(3)20(18,6)7/h1,10-12,14,18H,9,13H2,2-7H3. The second-order valence-corrected chi connectivity index (χ2v) is 7.61. The van der Waals surface area contributed by atoms with Gasteiger partial charge in [-0.05, 0) is 52.7 Å². The normalized spacial score (nSPS) is 26.6. The van der Waals surface area contributed by atoms with Crippen LogP contribution in [0.4, 0.5) is 0 Å². The monoisotopic (exact) mass is 268 g/mol. The summed E-state index contributed by atoms with van der Waals surface area (Å²) in [4.78, 5) is 0. The Labute approximate surface area is 125 Å². The van der Waals surface area contributed by atoms with Gasteiger partial charge in [-0.25, -0.2) is 0 Å². The zero-order chi connectivity index (χ0) is 15.1. The molecule has 0 atom stereocenters. The molecule has 0 heterocycles.